The van der Waals surface area contributed by atoms with Gasteiger partial charge in [-0.15, -0.1) is 11.6 Å². The Balaban J connectivity index is 2.12. The van der Waals surface area contributed by atoms with Crippen LogP contribution in [0.3, 0.4) is 0 Å². The first-order valence-electron chi connectivity index (χ1n) is 8.60. The molecule has 26 heavy (non-hydrogen) atoms. The van der Waals surface area contributed by atoms with Crippen LogP contribution in [-0.2, 0) is 23.9 Å². The number of ether oxygens (including phenoxy) is 2. The van der Waals surface area contributed by atoms with Crippen molar-refractivity contribution in [1.29, 1.82) is 0 Å². The van der Waals surface area contributed by atoms with Gasteiger partial charge in [0.1, 0.15) is 24.2 Å². The van der Waals surface area contributed by atoms with Crippen LogP contribution in [0.2, 0.25) is 0 Å². The Morgan fingerprint density at radius 3 is 2.46 bits per heavy atom. The van der Waals surface area contributed by atoms with Crippen LogP contribution in [0.4, 0.5) is 0 Å². The number of hydrogen-bond donors (Lipinski definition) is 1. The number of carbonyl (C=O) groups excluding carboxylic acids is 3. The zero-order chi connectivity index (χ0) is 19.5. The van der Waals surface area contributed by atoms with Gasteiger partial charge in [0.2, 0.25) is 0 Å². The number of alkyl halides is 1. The highest BCUT2D eigenvalue weighted by atomic mass is 35.5. The van der Waals surface area contributed by atoms with E-state index in [9.17, 15) is 19.5 Å². The van der Waals surface area contributed by atoms with E-state index in [1.165, 1.54) is 6.92 Å². The predicted octanol–water partition coefficient (Wildman–Crippen LogP) is 2.08. The van der Waals surface area contributed by atoms with Crippen LogP contribution in [0.1, 0.15) is 40.5 Å². The molecule has 3 aliphatic rings. The fourth-order valence-corrected chi connectivity index (χ4v) is 4.42. The maximum atomic E-state index is 13.0. The minimum absolute atomic E-state index is 0.0503. The summed E-state index contributed by atoms with van der Waals surface area (Å²) < 4.78 is 10.7. The summed E-state index contributed by atoms with van der Waals surface area (Å²) in [6.45, 7) is 6.42. The highest BCUT2D eigenvalue weighted by Crippen LogP contribution is 2.65. The summed E-state index contributed by atoms with van der Waals surface area (Å²) in [7, 11) is 0. The molecule has 1 fully saturated rings. The van der Waals surface area contributed by atoms with Crippen LogP contribution in [0, 0.1) is 10.8 Å². The summed E-state index contributed by atoms with van der Waals surface area (Å²) in [5.41, 5.74) is -1.22. The van der Waals surface area contributed by atoms with Gasteiger partial charge in [-0.1, -0.05) is 11.6 Å². The predicted molar refractivity (Wildman–Crippen MR) is 93.4 cm³/mol. The van der Waals surface area contributed by atoms with Crippen molar-refractivity contribution < 1.29 is 29.0 Å². The molecule has 0 aliphatic heterocycles. The Hall–Kier alpha value is -1.66. The molecule has 0 amide bonds. The second kappa shape index (κ2) is 5.92. The van der Waals surface area contributed by atoms with Crippen LogP contribution >= 0.6 is 11.6 Å². The number of Topliss-reactive ketones (excluding diaryl/α,β-unsaturated/α-hetero) is 1. The highest BCUT2D eigenvalue weighted by molar-refractivity contribution is 6.26. The summed E-state index contributed by atoms with van der Waals surface area (Å²) in [5.74, 6) is -1.78. The monoisotopic (exact) mass is 382 g/mol. The number of hydrogen-bond acceptors (Lipinski definition) is 6. The minimum Gasteiger partial charge on any atom is -0.465 e. The zero-order valence-corrected chi connectivity index (χ0v) is 16.1. The van der Waals surface area contributed by atoms with E-state index in [1.54, 1.807) is 19.9 Å². The van der Waals surface area contributed by atoms with E-state index in [1.807, 2.05) is 6.92 Å². The van der Waals surface area contributed by atoms with Crippen molar-refractivity contribution in [3.05, 3.63) is 22.8 Å². The molecule has 0 aromatic carbocycles. The van der Waals surface area contributed by atoms with Crippen LogP contribution in [0.5, 0.6) is 0 Å². The van der Waals surface area contributed by atoms with Gasteiger partial charge in [-0.25, -0.2) is 0 Å². The molecule has 142 valence electrons. The lowest BCUT2D eigenvalue weighted by Crippen LogP contribution is -2.50. The molecule has 1 N–H and O–H groups in total. The number of halogens is 1. The molecule has 0 aromatic rings. The first-order chi connectivity index (χ1) is 12.0. The molecule has 0 radical (unpaired) electrons. The number of aliphatic hydroxyl groups is 1. The molecule has 0 heterocycles. The van der Waals surface area contributed by atoms with Crippen molar-refractivity contribution in [2.45, 2.75) is 52.2 Å². The number of rotatable bonds is 4. The van der Waals surface area contributed by atoms with Crippen LogP contribution in [0.15, 0.2) is 22.8 Å². The second-order valence-electron chi connectivity index (χ2n) is 7.87. The quantitative estimate of drug-likeness (QED) is 0.591. The van der Waals surface area contributed by atoms with Gasteiger partial charge in [0.25, 0.3) is 0 Å². The summed E-state index contributed by atoms with van der Waals surface area (Å²) >= 11 is 5.61. The molecule has 7 heteroatoms. The van der Waals surface area contributed by atoms with E-state index < -0.39 is 34.5 Å². The van der Waals surface area contributed by atoms with E-state index in [0.29, 0.717) is 24.0 Å². The van der Waals surface area contributed by atoms with E-state index >= 15 is 0 Å². The lowest BCUT2D eigenvalue weighted by atomic mass is 9.67. The summed E-state index contributed by atoms with van der Waals surface area (Å²) in [4.78, 5) is 36.2. The Labute approximate surface area is 157 Å². The molecule has 1 saturated carbocycles. The third-order valence-corrected chi connectivity index (χ3v) is 6.28. The summed E-state index contributed by atoms with van der Waals surface area (Å²) in [6, 6.07) is 0. The lowest BCUT2D eigenvalue weighted by molar-refractivity contribution is -0.153. The van der Waals surface area contributed by atoms with E-state index in [-0.39, 0.29) is 18.3 Å². The Morgan fingerprint density at radius 2 is 1.96 bits per heavy atom. The molecule has 3 aliphatic carbocycles. The van der Waals surface area contributed by atoms with E-state index in [2.05, 4.69) is 0 Å². The van der Waals surface area contributed by atoms with Crippen molar-refractivity contribution in [2.24, 2.45) is 10.8 Å². The first kappa shape index (κ1) is 19.1. The van der Waals surface area contributed by atoms with Gasteiger partial charge in [0, 0.05) is 23.5 Å². The van der Waals surface area contributed by atoms with Crippen LogP contribution < -0.4 is 0 Å². The van der Waals surface area contributed by atoms with Gasteiger partial charge in [-0.2, -0.15) is 0 Å². The van der Waals surface area contributed by atoms with E-state index in [4.69, 9.17) is 21.1 Å². The van der Waals surface area contributed by atoms with Crippen LogP contribution in [-0.4, -0.2) is 47.0 Å². The van der Waals surface area contributed by atoms with Gasteiger partial charge in [0.15, 0.2) is 5.78 Å². The average Bonchev–Trinajstić information content (AvgIpc) is 3.33. The lowest BCUT2D eigenvalue weighted by Gasteiger charge is -2.40. The normalized spacial score (nSPS) is 34.5. The average molecular weight is 383 g/mol. The zero-order valence-electron chi connectivity index (χ0n) is 15.3. The smallest absolute Gasteiger partial charge is 0.321 e. The number of ketones is 1. The van der Waals surface area contributed by atoms with Crippen molar-refractivity contribution in [1.82, 2.24) is 0 Å². The van der Waals surface area contributed by atoms with Crippen molar-refractivity contribution in [3.63, 3.8) is 0 Å². The fourth-order valence-electron chi connectivity index (χ4n) is 4.36. The molecule has 0 aromatic heterocycles. The summed E-state index contributed by atoms with van der Waals surface area (Å²) in [5, 5.41) is 10.9. The number of esters is 2. The topological polar surface area (TPSA) is 89.9 Å². The molecular formula is C19H23ClO6. The number of fused-ring (bicyclic) bond motifs is 1. The molecular weight excluding hydrogens is 360 g/mol. The Kier molecular flexibility index (Phi) is 4.36. The SMILES string of the molecule is CC(=O)OCC1(C)C=C2C(=O)C(C)(O)C3(CC3)C(C)=C2C1OC(=O)CCl. The van der Waals surface area contributed by atoms with Gasteiger partial charge in [0.05, 0.1) is 5.41 Å². The molecule has 3 unspecified atom stereocenters. The van der Waals surface area contributed by atoms with Crippen LogP contribution in [0.25, 0.3) is 0 Å². The van der Waals surface area contributed by atoms with Gasteiger partial charge >= 0.3 is 11.9 Å². The maximum absolute atomic E-state index is 13.0. The van der Waals surface area contributed by atoms with Crippen molar-refractivity contribution >= 4 is 29.3 Å². The Bertz CT molecular complexity index is 758. The van der Waals surface area contributed by atoms with Gasteiger partial charge in [-0.3, -0.25) is 14.4 Å². The van der Waals surface area contributed by atoms with E-state index in [0.717, 1.165) is 5.57 Å². The Morgan fingerprint density at radius 1 is 1.35 bits per heavy atom. The van der Waals surface area contributed by atoms with Gasteiger partial charge in [-0.05, 0) is 33.6 Å². The third kappa shape index (κ3) is 2.54. The fraction of sp³-hybridized carbons (Fsp3) is 0.632. The highest BCUT2D eigenvalue weighted by Gasteiger charge is 2.67. The number of carbonyl (C=O) groups is 3. The molecule has 3 atom stereocenters. The maximum Gasteiger partial charge on any atom is 0.321 e. The van der Waals surface area contributed by atoms with Crippen molar-refractivity contribution in [2.75, 3.05) is 12.5 Å². The molecule has 0 saturated heterocycles. The van der Waals surface area contributed by atoms with Gasteiger partial charge < -0.3 is 14.6 Å². The van der Waals surface area contributed by atoms with Crippen molar-refractivity contribution in [3.8, 4) is 0 Å². The molecule has 0 bridgehead atoms. The molecule has 1 spiro atoms. The second-order valence-corrected chi connectivity index (χ2v) is 8.14. The largest absolute Gasteiger partial charge is 0.465 e. The first-order valence-corrected chi connectivity index (χ1v) is 9.14. The summed E-state index contributed by atoms with van der Waals surface area (Å²) in [6.07, 6.45) is 2.27. The standard InChI is InChI=1S/C19H23ClO6/c1-10-14-12(15(23)18(4,24)19(10)5-6-19)7-17(3,9-25-11(2)21)16(14)26-13(22)8-20/h7,16,24H,5-6,8-9H2,1-4H3. The minimum atomic E-state index is -1.50. The third-order valence-electron chi connectivity index (χ3n) is 6.06. The molecule has 6 nitrogen and oxygen atoms in total. The molecule has 3 rings (SSSR count).